The quantitative estimate of drug-likeness (QED) is 0.679. The first-order valence-corrected chi connectivity index (χ1v) is 4.80. The fourth-order valence-corrected chi connectivity index (χ4v) is 1.53. The number of carbonyl (C=O) groups is 1. The summed E-state index contributed by atoms with van der Waals surface area (Å²) in [6.45, 7) is 3.94. The molecule has 0 aliphatic rings. The minimum absolute atomic E-state index is 0.112. The number of hydrogen-bond acceptors (Lipinski definition) is 1. The fourth-order valence-electron chi connectivity index (χ4n) is 1.24. The number of aryl methyl sites for hydroxylation is 1. The summed E-state index contributed by atoms with van der Waals surface area (Å²) in [6, 6.07) is 5.85. The van der Waals surface area contributed by atoms with Crippen molar-refractivity contribution in [3.63, 3.8) is 0 Å². The van der Waals surface area contributed by atoms with Gasteiger partial charge in [0.15, 0.2) is 0 Å². The molecule has 0 saturated heterocycles. The van der Waals surface area contributed by atoms with Gasteiger partial charge in [-0.25, -0.2) is 0 Å². The highest BCUT2D eigenvalue weighted by Crippen LogP contribution is 2.24. The van der Waals surface area contributed by atoms with Gasteiger partial charge in [-0.2, -0.15) is 0 Å². The Hall–Kier alpha value is -0.820. The number of carbonyl (C=O) groups excluding carboxylic acids is 1. The summed E-state index contributed by atoms with van der Waals surface area (Å²) < 4.78 is 0. The van der Waals surface area contributed by atoms with E-state index < -0.39 is 0 Å². The van der Waals surface area contributed by atoms with E-state index in [1.54, 1.807) is 0 Å². The zero-order valence-corrected chi connectivity index (χ0v) is 8.64. The Morgan fingerprint density at radius 1 is 1.54 bits per heavy atom. The topological polar surface area (TPSA) is 17.1 Å². The van der Waals surface area contributed by atoms with Crippen molar-refractivity contribution in [2.45, 2.75) is 26.2 Å². The van der Waals surface area contributed by atoms with Gasteiger partial charge in [-0.05, 0) is 23.6 Å². The molecule has 0 bridgehead atoms. The Morgan fingerprint density at radius 2 is 2.23 bits per heavy atom. The Morgan fingerprint density at radius 3 is 2.77 bits per heavy atom. The third-order valence-electron chi connectivity index (χ3n) is 2.16. The highest BCUT2D eigenvalue weighted by atomic mass is 35.5. The number of rotatable bonds is 3. The van der Waals surface area contributed by atoms with E-state index in [-0.39, 0.29) is 5.92 Å². The highest BCUT2D eigenvalue weighted by Gasteiger charge is 2.08. The van der Waals surface area contributed by atoms with E-state index in [1.165, 1.54) is 5.56 Å². The van der Waals surface area contributed by atoms with Gasteiger partial charge in [0.2, 0.25) is 0 Å². The average molecular weight is 197 g/mol. The number of halogens is 1. The van der Waals surface area contributed by atoms with Crippen LogP contribution in [0, 0.1) is 0 Å². The lowest BCUT2D eigenvalue weighted by Gasteiger charge is -2.08. The van der Waals surface area contributed by atoms with Crippen molar-refractivity contribution in [1.82, 2.24) is 0 Å². The molecule has 1 unspecified atom stereocenters. The van der Waals surface area contributed by atoms with Crippen LogP contribution in [0.3, 0.4) is 0 Å². The van der Waals surface area contributed by atoms with Crippen LogP contribution < -0.4 is 0 Å². The first-order valence-electron chi connectivity index (χ1n) is 4.42. The lowest BCUT2D eigenvalue weighted by molar-refractivity contribution is -0.108. The molecule has 13 heavy (non-hydrogen) atoms. The minimum Gasteiger partial charge on any atom is -0.303 e. The minimum atomic E-state index is -0.112. The van der Waals surface area contributed by atoms with Crippen molar-refractivity contribution in [3.8, 4) is 0 Å². The predicted octanol–water partition coefficient (Wildman–Crippen LogP) is 3.20. The second-order valence-electron chi connectivity index (χ2n) is 3.13. The zero-order valence-electron chi connectivity index (χ0n) is 7.88. The molecule has 1 aromatic rings. The molecule has 1 rings (SSSR count). The van der Waals surface area contributed by atoms with E-state index in [1.807, 2.05) is 25.1 Å². The standard InChI is InChI=1S/C11H13ClO/c1-3-9-4-5-11(12)10(6-9)8(2)7-13/h4-8H,3H2,1-2H3. The van der Waals surface area contributed by atoms with Gasteiger partial charge in [0.05, 0.1) is 0 Å². The van der Waals surface area contributed by atoms with Gasteiger partial charge in [0.1, 0.15) is 6.29 Å². The van der Waals surface area contributed by atoms with E-state index in [9.17, 15) is 4.79 Å². The third kappa shape index (κ3) is 2.31. The SMILES string of the molecule is CCc1ccc(Cl)c(C(C)C=O)c1. The Kier molecular flexibility index (Phi) is 3.49. The molecule has 0 N–H and O–H groups in total. The maximum absolute atomic E-state index is 10.6. The zero-order chi connectivity index (χ0) is 9.84. The van der Waals surface area contributed by atoms with Gasteiger partial charge in [0, 0.05) is 10.9 Å². The molecule has 0 amide bonds. The molecule has 1 atom stereocenters. The van der Waals surface area contributed by atoms with Crippen LogP contribution in [0.5, 0.6) is 0 Å². The van der Waals surface area contributed by atoms with Crippen LogP contribution in [0.1, 0.15) is 30.9 Å². The normalized spacial score (nSPS) is 12.5. The van der Waals surface area contributed by atoms with Gasteiger partial charge in [-0.3, -0.25) is 0 Å². The van der Waals surface area contributed by atoms with Crippen LogP contribution in [-0.2, 0) is 11.2 Å². The third-order valence-corrected chi connectivity index (χ3v) is 2.51. The maximum atomic E-state index is 10.6. The first kappa shape index (κ1) is 10.3. The Labute approximate surface area is 83.7 Å². The summed E-state index contributed by atoms with van der Waals surface area (Å²) in [7, 11) is 0. The molecule has 70 valence electrons. The van der Waals surface area contributed by atoms with Crippen molar-refractivity contribution in [1.29, 1.82) is 0 Å². The second-order valence-corrected chi connectivity index (χ2v) is 3.54. The number of benzene rings is 1. The molecule has 0 aliphatic heterocycles. The molecule has 0 heterocycles. The number of aldehydes is 1. The molecule has 0 aliphatic carbocycles. The van der Waals surface area contributed by atoms with Crippen LogP contribution in [0.2, 0.25) is 5.02 Å². The van der Waals surface area contributed by atoms with Gasteiger partial charge >= 0.3 is 0 Å². The molecule has 1 aromatic carbocycles. The van der Waals surface area contributed by atoms with Crippen LogP contribution >= 0.6 is 11.6 Å². The van der Waals surface area contributed by atoms with E-state index in [0.29, 0.717) is 5.02 Å². The molecule has 0 fully saturated rings. The Balaban J connectivity index is 3.10. The first-order chi connectivity index (χ1) is 6.19. The summed E-state index contributed by atoms with van der Waals surface area (Å²) in [5.41, 5.74) is 2.14. The van der Waals surface area contributed by atoms with Crippen molar-refractivity contribution in [3.05, 3.63) is 34.3 Å². The molecular weight excluding hydrogens is 184 g/mol. The Bertz CT molecular complexity index is 307. The van der Waals surface area contributed by atoms with Gasteiger partial charge in [0.25, 0.3) is 0 Å². The predicted molar refractivity (Wildman–Crippen MR) is 55.3 cm³/mol. The van der Waals surface area contributed by atoms with Crippen molar-refractivity contribution in [2.24, 2.45) is 0 Å². The van der Waals surface area contributed by atoms with E-state index in [2.05, 4.69) is 6.92 Å². The van der Waals surface area contributed by atoms with E-state index >= 15 is 0 Å². The fraction of sp³-hybridized carbons (Fsp3) is 0.364. The summed E-state index contributed by atoms with van der Waals surface area (Å²) in [5, 5.41) is 0.678. The lowest BCUT2D eigenvalue weighted by Crippen LogP contribution is -1.96. The molecular formula is C11H13ClO. The van der Waals surface area contributed by atoms with Crippen molar-refractivity contribution < 1.29 is 4.79 Å². The van der Waals surface area contributed by atoms with Gasteiger partial charge in [-0.15, -0.1) is 0 Å². The summed E-state index contributed by atoms with van der Waals surface area (Å²) in [5.74, 6) is -0.112. The highest BCUT2D eigenvalue weighted by molar-refractivity contribution is 6.31. The second kappa shape index (κ2) is 4.43. The summed E-state index contributed by atoms with van der Waals surface area (Å²) in [6.07, 6.45) is 1.89. The van der Waals surface area contributed by atoms with Crippen molar-refractivity contribution >= 4 is 17.9 Å². The molecule has 0 spiro atoms. The maximum Gasteiger partial charge on any atom is 0.127 e. The molecule has 0 radical (unpaired) electrons. The van der Waals surface area contributed by atoms with E-state index in [0.717, 1.165) is 18.3 Å². The van der Waals surface area contributed by atoms with E-state index in [4.69, 9.17) is 11.6 Å². The molecule has 2 heteroatoms. The largest absolute Gasteiger partial charge is 0.303 e. The van der Waals surface area contributed by atoms with Gasteiger partial charge < -0.3 is 4.79 Å². The smallest absolute Gasteiger partial charge is 0.127 e. The molecule has 0 saturated carbocycles. The molecule has 0 aromatic heterocycles. The van der Waals surface area contributed by atoms with Crippen LogP contribution in [-0.4, -0.2) is 6.29 Å². The van der Waals surface area contributed by atoms with Crippen LogP contribution in [0.25, 0.3) is 0 Å². The average Bonchev–Trinajstić information content (AvgIpc) is 2.17. The van der Waals surface area contributed by atoms with Crippen LogP contribution in [0.4, 0.5) is 0 Å². The summed E-state index contributed by atoms with van der Waals surface area (Å²) >= 11 is 5.97. The monoisotopic (exact) mass is 196 g/mol. The lowest BCUT2D eigenvalue weighted by atomic mass is 9.99. The van der Waals surface area contributed by atoms with Gasteiger partial charge in [-0.1, -0.05) is 37.6 Å². The van der Waals surface area contributed by atoms with Crippen LogP contribution in [0.15, 0.2) is 18.2 Å². The van der Waals surface area contributed by atoms with Crippen molar-refractivity contribution in [2.75, 3.05) is 0 Å². The molecule has 1 nitrogen and oxygen atoms in total. The number of hydrogen-bond donors (Lipinski definition) is 0. The summed E-state index contributed by atoms with van der Waals surface area (Å²) in [4.78, 5) is 10.6.